The Balaban J connectivity index is 0.00000132. The van der Waals surface area contributed by atoms with Gasteiger partial charge in [-0.1, -0.05) is 13.8 Å². The highest BCUT2D eigenvalue weighted by Gasteiger charge is 2.36. The van der Waals surface area contributed by atoms with Crippen LogP contribution in [0.1, 0.15) is 30.9 Å². The topological polar surface area (TPSA) is 88.8 Å². The van der Waals surface area contributed by atoms with E-state index in [2.05, 4.69) is 25.3 Å². The lowest BCUT2D eigenvalue weighted by Crippen LogP contribution is -2.46. The molecule has 1 saturated heterocycles. The number of rotatable bonds is 3. The van der Waals surface area contributed by atoms with Crippen molar-refractivity contribution in [1.29, 1.82) is 0 Å². The van der Waals surface area contributed by atoms with Gasteiger partial charge in [0, 0.05) is 44.8 Å². The zero-order valence-corrected chi connectivity index (χ0v) is 17.6. The predicted molar refractivity (Wildman–Crippen MR) is 111 cm³/mol. The van der Waals surface area contributed by atoms with E-state index in [9.17, 15) is 18.0 Å². The van der Waals surface area contributed by atoms with Gasteiger partial charge in [0.05, 0.1) is 17.9 Å². The van der Waals surface area contributed by atoms with Crippen LogP contribution in [0.25, 0.3) is 11.2 Å². The van der Waals surface area contributed by atoms with Crippen molar-refractivity contribution in [3.8, 4) is 0 Å². The summed E-state index contributed by atoms with van der Waals surface area (Å²) in [6, 6.07) is 1.65. The minimum Gasteiger partial charge on any atom is -0.364 e. The van der Waals surface area contributed by atoms with Crippen LogP contribution < -0.4 is 15.8 Å². The lowest BCUT2D eigenvalue weighted by Gasteiger charge is -2.29. The zero-order valence-electron chi connectivity index (χ0n) is 17.6. The molecule has 0 atom stereocenters. The zero-order chi connectivity index (χ0) is 22.6. The Kier molecular flexibility index (Phi) is 6.84. The molecule has 0 aliphatic carbocycles. The van der Waals surface area contributed by atoms with Crippen LogP contribution in [0, 0.1) is 6.92 Å². The second-order valence-electron chi connectivity index (χ2n) is 6.73. The van der Waals surface area contributed by atoms with Crippen LogP contribution in [0.3, 0.4) is 0 Å². The smallest absolute Gasteiger partial charge is 0.364 e. The summed E-state index contributed by atoms with van der Waals surface area (Å²) in [5.74, 6) is 0. The molecule has 0 unspecified atom stereocenters. The number of piperazine rings is 1. The first-order valence-corrected chi connectivity index (χ1v) is 10.0. The molecule has 0 spiro atoms. The highest BCUT2D eigenvalue weighted by atomic mass is 19.4. The number of alkyl halides is 3. The van der Waals surface area contributed by atoms with Gasteiger partial charge in [0.25, 0.3) is 5.56 Å². The van der Waals surface area contributed by atoms with E-state index in [-0.39, 0.29) is 11.3 Å². The van der Waals surface area contributed by atoms with Crippen LogP contribution in [-0.2, 0) is 12.7 Å². The summed E-state index contributed by atoms with van der Waals surface area (Å²) in [6.45, 7) is 7.93. The van der Waals surface area contributed by atoms with Gasteiger partial charge in [-0.05, 0) is 13.0 Å². The highest BCUT2D eigenvalue weighted by Crippen LogP contribution is 2.29. The Hall–Kier alpha value is -3.08. The first-order valence-electron chi connectivity index (χ1n) is 10.0. The van der Waals surface area contributed by atoms with Crippen LogP contribution in [0.15, 0.2) is 29.5 Å². The Morgan fingerprint density at radius 3 is 2.45 bits per heavy atom. The second kappa shape index (κ2) is 9.38. The van der Waals surface area contributed by atoms with Crippen molar-refractivity contribution in [2.45, 2.75) is 33.5 Å². The summed E-state index contributed by atoms with van der Waals surface area (Å²) in [6.07, 6.45) is -0.966. The van der Waals surface area contributed by atoms with Crippen molar-refractivity contribution < 1.29 is 13.2 Å². The van der Waals surface area contributed by atoms with E-state index in [1.807, 2.05) is 18.7 Å². The molecule has 0 radical (unpaired) electrons. The van der Waals surface area contributed by atoms with Gasteiger partial charge in [0.2, 0.25) is 0 Å². The molecule has 1 aliphatic rings. The molecule has 1 fully saturated rings. The molecule has 0 aromatic carbocycles. The number of nitrogens with one attached hydrogen (secondary N) is 1. The van der Waals surface area contributed by atoms with Gasteiger partial charge in [-0.15, -0.1) is 0 Å². The third-order valence-electron chi connectivity index (χ3n) is 4.70. The number of aryl methyl sites for hydroxylation is 1. The third-order valence-corrected chi connectivity index (χ3v) is 4.70. The molecule has 31 heavy (non-hydrogen) atoms. The fraction of sp³-hybridized carbons (Fsp3) is 0.450. The monoisotopic (exact) mass is 435 g/mol. The normalized spacial score (nSPS) is 14.3. The summed E-state index contributed by atoms with van der Waals surface area (Å²) in [4.78, 5) is 31.1. The second-order valence-corrected chi connectivity index (χ2v) is 6.73. The largest absolute Gasteiger partial charge is 0.435 e. The van der Waals surface area contributed by atoms with E-state index < -0.39 is 24.0 Å². The maximum atomic E-state index is 13.4. The van der Waals surface area contributed by atoms with E-state index in [1.165, 1.54) is 10.8 Å². The number of hydrogen-bond donors (Lipinski definition) is 1. The summed E-state index contributed by atoms with van der Waals surface area (Å²) in [5.41, 5.74) is -0.310. The van der Waals surface area contributed by atoms with Gasteiger partial charge in [-0.25, -0.2) is 9.97 Å². The molecular weight excluding hydrogens is 411 g/mol. The standard InChI is InChI=1S/C18H18F3N7O.C2H6/c1-11-9-25-12-8-14(27-6-4-22-5-7-27)17(29)28(16(12)26-11)10-13-15(18(19,20)21)24-3-2-23-13;1-2/h2-3,8-9,22H,4-7,10H2,1H3;1-2H3. The van der Waals surface area contributed by atoms with Crippen molar-refractivity contribution in [2.24, 2.45) is 0 Å². The van der Waals surface area contributed by atoms with Gasteiger partial charge in [0.1, 0.15) is 11.2 Å². The van der Waals surface area contributed by atoms with E-state index in [0.29, 0.717) is 43.1 Å². The Morgan fingerprint density at radius 1 is 1.10 bits per heavy atom. The lowest BCUT2D eigenvalue weighted by molar-refractivity contribution is -0.142. The van der Waals surface area contributed by atoms with Gasteiger partial charge >= 0.3 is 6.18 Å². The number of aromatic nitrogens is 5. The quantitative estimate of drug-likeness (QED) is 0.676. The average Bonchev–Trinajstić information content (AvgIpc) is 2.77. The van der Waals surface area contributed by atoms with Crippen LogP contribution in [0.2, 0.25) is 0 Å². The maximum absolute atomic E-state index is 13.4. The maximum Gasteiger partial charge on any atom is 0.435 e. The molecule has 1 N–H and O–H groups in total. The molecule has 166 valence electrons. The third kappa shape index (κ3) is 4.82. The van der Waals surface area contributed by atoms with Crippen LogP contribution in [-0.4, -0.2) is 50.7 Å². The lowest BCUT2D eigenvalue weighted by atomic mass is 10.2. The molecule has 11 heteroatoms. The number of hydrogen-bond acceptors (Lipinski definition) is 7. The number of anilines is 1. The van der Waals surface area contributed by atoms with Gasteiger partial charge in [0.15, 0.2) is 11.3 Å². The van der Waals surface area contributed by atoms with E-state index in [1.54, 1.807) is 19.2 Å². The highest BCUT2D eigenvalue weighted by molar-refractivity contribution is 5.75. The summed E-state index contributed by atoms with van der Waals surface area (Å²) in [7, 11) is 0. The number of pyridine rings is 1. The van der Waals surface area contributed by atoms with E-state index >= 15 is 0 Å². The molecule has 0 amide bonds. The van der Waals surface area contributed by atoms with Crippen LogP contribution in [0.4, 0.5) is 18.9 Å². The predicted octanol–water partition coefficient (Wildman–Crippen LogP) is 2.39. The van der Waals surface area contributed by atoms with Gasteiger partial charge in [-0.3, -0.25) is 19.3 Å². The fourth-order valence-electron chi connectivity index (χ4n) is 3.35. The Bertz CT molecular complexity index is 1110. The SMILES string of the molecule is CC.Cc1cnc2cc(N3CCNCC3)c(=O)n(Cc3nccnc3C(F)(F)F)c2n1. The minimum atomic E-state index is -4.68. The first-order chi connectivity index (χ1) is 14.8. The molecular formula is C20H24F3N7O. The summed E-state index contributed by atoms with van der Waals surface area (Å²) < 4.78 is 41.3. The molecule has 4 heterocycles. The van der Waals surface area contributed by atoms with Crippen molar-refractivity contribution >= 4 is 16.9 Å². The minimum absolute atomic E-state index is 0.215. The van der Waals surface area contributed by atoms with Crippen molar-refractivity contribution in [3.63, 3.8) is 0 Å². The van der Waals surface area contributed by atoms with Gasteiger partial charge in [-0.2, -0.15) is 13.2 Å². The number of halogens is 3. The van der Waals surface area contributed by atoms with Gasteiger partial charge < -0.3 is 10.2 Å². The van der Waals surface area contributed by atoms with Crippen LogP contribution >= 0.6 is 0 Å². The molecule has 8 nitrogen and oxygen atoms in total. The van der Waals surface area contributed by atoms with E-state index in [4.69, 9.17) is 0 Å². The molecule has 4 rings (SSSR count). The molecule has 0 saturated carbocycles. The Morgan fingerprint density at radius 2 is 1.77 bits per heavy atom. The van der Waals surface area contributed by atoms with Crippen LogP contribution in [0.5, 0.6) is 0 Å². The first kappa shape index (κ1) is 22.6. The van der Waals surface area contributed by atoms with E-state index in [0.717, 1.165) is 6.20 Å². The number of nitrogens with zero attached hydrogens (tertiary/aromatic N) is 6. The van der Waals surface area contributed by atoms with Crippen molar-refractivity contribution in [1.82, 2.24) is 29.8 Å². The molecule has 3 aromatic rings. The average molecular weight is 435 g/mol. The molecule has 1 aliphatic heterocycles. The van der Waals surface area contributed by atoms with Crippen molar-refractivity contribution in [2.75, 3.05) is 31.1 Å². The molecule has 0 bridgehead atoms. The van der Waals surface area contributed by atoms with Crippen molar-refractivity contribution in [3.05, 3.63) is 52.1 Å². The summed E-state index contributed by atoms with van der Waals surface area (Å²) >= 11 is 0. The number of fused-ring (bicyclic) bond motifs is 1. The summed E-state index contributed by atoms with van der Waals surface area (Å²) in [5, 5.41) is 3.21. The Labute approximate surface area is 177 Å². The molecule has 3 aromatic heterocycles. The fourth-order valence-corrected chi connectivity index (χ4v) is 3.35.